The molecule has 0 aromatic heterocycles. The van der Waals surface area contributed by atoms with Gasteiger partial charge >= 0.3 is 0 Å². The van der Waals surface area contributed by atoms with Crippen LogP contribution in [0.25, 0.3) is 0 Å². The van der Waals surface area contributed by atoms with Crippen LogP contribution in [0.5, 0.6) is 0 Å². The number of carbonyl (C=O) groups excluding carboxylic acids is 2. The lowest BCUT2D eigenvalue weighted by Gasteiger charge is -2.31. The first kappa shape index (κ1) is 15.5. The van der Waals surface area contributed by atoms with Crippen molar-refractivity contribution >= 4 is 29.1 Å². The van der Waals surface area contributed by atoms with Crippen molar-refractivity contribution in [2.24, 2.45) is 0 Å². The van der Waals surface area contributed by atoms with E-state index in [0.717, 1.165) is 32.7 Å². The Morgan fingerprint density at radius 1 is 1.14 bits per heavy atom. The first-order valence-corrected chi connectivity index (χ1v) is 8.28. The number of nitrogens with zero attached hydrogens (tertiary/aromatic N) is 1. The molecule has 2 aliphatic heterocycles. The molecule has 0 spiro atoms. The number of nitrogens with one attached hydrogen (secondary N) is 2. The Bertz CT molecular complexity index is 567. The highest BCUT2D eigenvalue weighted by Gasteiger charge is 2.46. The van der Waals surface area contributed by atoms with E-state index in [0.29, 0.717) is 17.1 Å². The van der Waals surface area contributed by atoms with Crippen LogP contribution in [-0.2, 0) is 9.59 Å². The van der Waals surface area contributed by atoms with Gasteiger partial charge in [0.2, 0.25) is 5.91 Å². The minimum atomic E-state index is -0.221. The van der Waals surface area contributed by atoms with Gasteiger partial charge < -0.3 is 9.80 Å². The van der Waals surface area contributed by atoms with E-state index in [9.17, 15) is 9.59 Å². The molecule has 0 saturated carbocycles. The van der Waals surface area contributed by atoms with Gasteiger partial charge in [0, 0.05) is 5.02 Å². The molecule has 0 radical (unpaired) electrons. The molecule has 2 aliphatic rings. The molecule has 6 heteroatoms. The number of halogens is 1. The fourth-order valence-electron chi connectivity index (χ4n) is 3.44. The summed E-state index contributed by atoms with van der Waals surface area (Å²) in [5, 5.41) is 0.601. The average Bonchev–Trinajstić information content (AvgIpc) is 2.83. The van der Waals surface area contributed by atoms with Crippen molar-refractivity contribution in [1.82, 2.24) is 0 Å². The summed E-state index contributed by atoms with van der Waals surface area (Å²) in [6.07, 6.45) is 0.318. The summed E-state index contributed by atoms with van der Waals surface area (Å²) >= 11 is 5.87. The van der Waals surface area contributed by atoms with Crippen LogP contribution in [0.3, 0.4) is 0 Å². The SMILES string of the molecule is CC[NH+]1CC[NH+](C2CC(=O)N(c3ccc(Cl)cc3)C2=O)CC1. The molecule has 2 saturated heterocycles. The summed E-state index contributed by atoms with van der Waals surface area (Å²) in [4.78, 5) is 29.2. The minimum Gasteiger partial charge on any atom is -0.326 e. The molecule has 1 unspecified atom stereocenters. The molecule has 0 aliphatic carbocycles. The number of imide groups is 1. The predicted octanol–water partition coefficient (Wildman–Crippen LogP) is -1.22. The van der Waals surface area contributed by atoms with Crippen LogP contribution < -0.4 is 14.7 Å². The summed E-state index contributed by atoms with van der Waals surface area (Å²) in [6, 6.07) is 6.66. The molecule has 1 atom stereocenters. The van der Waals surface area contributed by atoms with Crippen molar-refractivity contribution in [3.05, 3.63) is 29.3 Å². The second kappa shape index (κ2) is 6.36. The lowest BCUT2D eigenvalue weighted by Crippen LogP contribution is -3.29. The molecule has 1 aromatic rings. The molecule has 0 bridgehead atoms. The van der Waals surface area contributed by atoms with Crippen LogP contribution in [0.1, 0.15) is 13.3 Å². The zero-order chi connectivity index (χ0) is 15.7. The molecule has 2 N–H and O–H groups in total. The zero-order valence-corrected chi connectivity index (χ0v) is 13.5. The Morgan fingerprint density at radius 3 is 2.36 bits per heavy atom. The van der Waals surface area contributed by atoms with Gasteiger partial charge in [-0.1, -0.05) is 11.6 Å². The predicted molar refractivity (Wildman–Crippen MR) is 84.3 cm³/mol. The van der Waals surface area contributed by atoms with Gasteiger partial charge in [-0.15, -0.1) is 0 Å². The second-order valence-electron chi connectivity index (χ2n) is 6.06. The quantitative estimate of drug-likeness (QED) is 0.685. The lowest BCUT2D eigenvalue weighted by atomic mass is 10.1. The Balaban J connectivity index is 1.73. The van der Waals surface area contributed by atoms with E-state index >= 15 is 0 Å². The Kier molecular flexibility index (Phi) is 4.47. The van der Waals surface area contributed by atoms with Crippen LogP contribution in [-0.4, -0.2) is 50.6 Å². The van der Waals surface area contributed by atoms with Gasteiger partial charge in [0.05, 0.1) is 18.7 Å². The van der Waals surface area contributed by atoms with Crippen LogP contribution >= 0.6 is 11.6 Å². The number of hydrogen-bond acceptors (Lipinski definition) is 2. The van der Waals surface area contributed by atoms with E-state index in [4.69, 9.17) is 11.6 Å². The van der Waals surface area contributed by atoms with Gasteiger partial charge in [0.1, 0.15) is 26.2 Å². The first-order valence-electron chi connectivity index (χ1n) is 7.90. The summed E-state index contributed by atoms with van der Waals surface area (Å²) < 4.78 is 0. The maximum Gasteiger partial charge on any atom is 0.292 e. The molecular formula is C16H22ClN3O2+2. The number of anilines is 1. The van der Waals surface area contributed by atoms with E-state index in [2.05, 4.69) is 6.92 Å². The zero-order valence-electron chi connectivity index (χ0n) is 12.8. The van der Waals surface area contributed by atoms with E-state index in [1.54, 1.807) is 29.2 Å². The van der Waals surface area contributed by atoms with Crippen molar-refractivity contribution in [3.8, 4) is 0 Å². The van der Waals surface area contributed by atoms with Gasteiger partial charge in [-0.05, 0) is 31.2 Å². The average molecular weight is 324 g/mol. The van der Waals surface area contributed by atoms with E-state index < -0.39 is 0 Å². The normalized spacial score (nSPS) is 29.2. The maximum absolute atomic E-state index is 12.7. The number of hydrogen-bond donors (Lipinski definition) is 2. The number of carbonyl (C=O) groups is 2. The van der Waals surface area contributed by atoms with Gasteiger partial charge in [-0.3, -0.25) is 9.59 Å². The number of benzene rings is 1. The van der Waals surface area contributed by atoms with Crippen molar-refractivity contribution in [2.45, 2.75) is 19.4 Å². The second-order valence-corrected chi connectivity index (χ2v) is 6.50. The molecule has 118 valence electrons. The highest BCUT2D eigenvalue weighted by molar-refractivity contribution is 6.30. The van der Waals surface area contributed by atoms with E-state index in [-0.39, 0.29) is 17.9 Å². The van der Waals surface area contributed by atoms with Crippen LogP contribution in [0.4, 0.5) is 5.69 Å². The summed E-state index contributed by atoms with van der Waals surface area (Å²) in [5.41, 5.74) is 0.624. The number of piperazine rings is 1. The number of amides is 2. The van der Waals surface area contributed by atoms with Crippen molar-refractivity contribution in [2.75, 3.05) is 37.6 Å². The number of likely N-dealkylation sites (N-methyl/N-ethyl adjacent to an activating group) is 1. The van der Waals surface area contributed by atoms with Gasteiger partial charge in [-0.2, -0.15) is 0 Å². The van der Waals surface area contributed by atoms with Crippen LogP contribution in [0.15, 0.2) is 24.3 Å². The third kappa shape index (κ3) is 2.89. The van der Waals surface area contributed by atoms with Crippen molar-refractivity contribution in [1.29, 1.82) is 0 Å². The van der Waals surface area contributed by atoms with Gasteiger partial charge in [0.25, 0.3) is 5.91 Å². The molecule has 1 aromatic carbocycles. The monoisotopic (exact) mass is 323 g/mol. The molecule has 22 heavy (non-hydrogen) atoms. The van der Waals surface area contributed by atoms with Crippen LogP contribution in [0, 0.1) is 0 Å². The fraction of sp³-hybridized carbons (Fsp3) is 0.500. The molecule has 2 fully saturated rings. The van der Waals surface area contributed by atoms with Crippen molar-refractivity contribution in [3.63, 3.8) is 0 Å². The largest absolute Gasteiger partial charge is 0.326 e. The molecule has 2 amide bonds. The Hall–Kier alpha value is -1.43. The summed E-state index contributed by atoms with van der Waals surface area (Å²) in [6.45, 7) is 7.38. The third-order valence-electron chi connectivity index (χ3n) is 4.82. The highest BCUT2D eigenvalue weighted by Crippen LogP contribution is 2.23. The number of quaternary nitrogens is 2. The Labute approximate surface area is 135 Å². The van der Waals surface area contributed by atoms with Gasteiger partial charge in [0.15, 0.2) is 6.04 Å². The van der Waals surface area contributed by atoms with E-state index in [1.807, 2.05) is 0 Å². The van der Waals surface area contributed by atoms with Crippen molar-refractivity contribution < 1.29 is 19.4 Å². The summed E-state index contributed by atoms with van der Waals surface area (Å²) in [7, 11) is 0. The highest BCUT2D eigenvalue weighted by atomic mass is 35.5. The fourth-order valence-corrected chi connectivity index (χ4v) is 3.56. The first-order chi connectivity index (χ1) is 10.6. The standard InChI is InChI=1S/C16H20ClN3O2/c1-2-18-7-9-19(10-8-18)14-11-15(21)20(16(14)22)13-5-3-12(17)4-6-13/h3-6,14H,2,7-11H2,1H3/p+2. The smallest absolute Gasteiger partial charge is 0.292 e. The maximum atomic E-state index is 12.7. The third-order valence-corrected chi connectivity index (χ3v) is 5.08. The minimum absolute atomic E-state index is 0.0673. The lowest BCUT2D eigenvalue weighted by molar-refractivity contribution is -1.02. The molecule has 2 heterocycles. The topological polar surface area (TPSA) is 46.3 Å². The summed E-state index contributed by atoms with van der Waals surface area (Å²) in [5.74, 6) is -0.169. The molecular weight excluding hydrogens is 302 g/mol. The molecule has 5 nitrogen and oxygen atoms in total. The van der Waals surface area contributed by atoms with Gasteiger partial charge in [-0.25, -0.2) is 4.90 Å². The molecule has 3 rings (SSSR count). The van der Waals surface area contributed by atoms with E-state index in [1.165, 1.54) is 9.80 Å². The Morgan fingerprint density at radius 2 is 1.77 bits per heavy atom. The van der Waals surface area contributed by atoms with Crippen LogP contribution in [0.2, 0.25) is 5.02 Å². The number of rotatable bonds is 3.